The Bertz CT molecular complexity index is 531. The van der Waals surface area contributed by atoms with Gasteiger partial charge in [-0.25, -0.2) is 0 Å². The molecule has 2 unspecified atom stereocenters. The van der Waals surface area contributed by atoms with Crippen molar-refractivity contribution in [2.45, 2.75) is 18.9 Å². The summed E-state index contributed by atoms with van der Waals surface area (Å²) >= 11 is 6.89. The number of aliphatic hydroxyl groups is 1. The molecule has 0 aliphatic carbocycles. The summed E-state index contributed by atoms with van der Waals surface area (Å²) in [5.41, 5.74) is 1.75. The molecule has 0 aliphatic heterocycles. The molecule has 1 N–H and O–H groups in total. The maximum atomic E-state index is 10.5. The minimum absolute atomic E-state index is 0.0585. The van der Waals surface area contributed by atoms with Gasteiger partial charge in [-0.2, -0.15) is 0 Å². The number of aliphatic hydroxyl groups excluding tert-OH is 1. The summed E-state index contributed by atoms with van der Waals surface area (Å²) in [4.78, 5) is 4.29. The summed E-state index contributed by atoms with van der Waals surface area (Å²) in [5, 5.41) is 10.5. The molecule has 0 saturated carbocycles. The highest BCUT2D eigenvalue weighted by Crippen LogP contribution is 2.34. The van der Waals surface area contributed by atoms with E-state index in [1.807, 2.05) is 43.3 Å². The quantitative estimate of drug-likeness (QED) is 0.866. The van der Waals surface area contributed by atoms with Crippen LogP contribution in [0.5, 0.6) is 0 Å². The van der Waals surface area contributed by atoms with Crippen LogP contribution in [0.15, 0.2) is 51.5 Å². The summed E-state index contributed by atoms with van der Waals surface area (Å²) in [5.74, 6) is -0.0585. The topological polar surface area (TPSA) is 33.1 Å². The van der Waals surface area contributed by atoms with Gasteiger partial charge in [0.25, 0.3) is 0 Å². The van der Waals surface area contributed by atoms with Gasteiger partial charge in [0, 0.05) is 26.8 Å². The molecule has 0 saturated heterocycles. The molecule has 0 bridgehead atoms. The van der Waals surface area contributed by atoms with Crippen molar-refractivity contribution >= 4 is 31.9 Å². The van der Waals surface area contributed by atoms with Crippen LogP contribution in [0.2, 0.25) is 0 Å². The monoisotopic (exact) mass is 369 g/mol. The summed E-state index contributed by atoms with van der Waals surface area (Å²) in [6.07, 6.45) is 1.15. The van der Waals surface area contributed by atoms with E-state index >= 15 is 0 Å². The number of benzene rings is 1. The Hall–Kier alpha value is -0.710. The molecule has 18 heavy (non-hydrogen) atoms. The molecule has 1 aromatic heterocycles. The zero-order chi connectivity index (χ0) is 13.1. The van der Waals surface area contributed by atoms with Crippen molar-refractivity contribution in [1.82, 2.24) is 4.98 Å². The van der Waals surface area contributed by atoms with Crippen LogP contribution in [0.25, 0.3) is 0 Å². The second-order valence-corrected chi connectivity index (χ2v) is 5.92. The lowest BCUT2D eigenvalue weighted by Gasteiger charge is -2.20. The second-order valence-electron chi connectivity index (χ2n) is 4.15. The Kier molecular flexibility index (Phi) is 4.54. The van der Waals surface area contributed by atoms with Gasteiger partial charge in [0.05, 0.1) is 6.10 Å². The number of rotatable bonds is 3. The number of hydrogen-bond acceptors (Lipinski definition) is 2. The normalized spacial score (nSPS) is 14.2. The number of halogens is 2. The fraction of sp³-hybridized carbons (Fsp3) is 0.214. The smallest absolute Gasteiger partial charge is 0.0882 e. The van der Waals surface area contributed by atoms with Gasteiger partial charge in [-0.1, -0.05) is 44.8 Å². The largest absolute Gasteiger partial charge is 0.388 e. The van der Waals surface area contributed by atoms with Crippen LogP contribution < -0.4 is 0 Å². The Balaban J connectivity index is 2.31. The average Bonchev–Trinajstić information content (AvgIpc) is 2.41. The highest BCUT2D eigenvalue weighted by Gasteiger charge is 2.21. The third-order valence-electron chi connectivity index (χ3n) is 2.90. The number of pyridine rings is 1. The molecule has 0 fully saturated rings. The number of hydrogen-bond donors (Lipinski definition) is 1. The SMILES string of the molecule is CC(c1ccccn1)C(O)c1cc(Br)ccc1Br. The van der Waals surface area contributed by atoms with E-state index < -0.39 is 6.10 Å². The Morgan fingerprint density at radius 1 is 1.17 bits per heavy atom. The molecular formula is C14H13Br2NO. The minimum Gasteiger partial charge on any atom is -0.388 e. The maximum absolute atomic E-state index is 10.5. The lowest BCUT2D eigenvalue weighted by Crippen LogP contribution is -2.09. The van der Waals surface area contributed by atoms with E-state index in [9.17, 15) is 5.11 Å². The molecule has 4 heteroatoms. The van der Waals surface area contributed by atoms with Crippen molar-refractivity contribution in [3.63, 3.8) is 0 Å². The molecule has 1 aromatic carbocycles. The molecule has 0 spiro atoms. The molecule has 2 nitrogen and oxygen atoms in total. The molecule has 1 heterocycles. The molecule has 2 atom stereocenters. The van der Waals surface area contributed by atoms with Gasteiger partial charge in [0.2, 0.25) is 0 Å². The van der Waals surface area contributed by atoms with Crippen molar-refractivity contribution < 1.29 is 5.11 Å². The van der Waals surface area contributed by atoms with Crippen LogP contribution in [-0.2, 0) is 0 Å². The fourth-order valence-corrected chi connectivity index (χ4v) is 2.68. The summed E-state index contributed by atoms with van der Waals surface area (Å²) < 4.78 is 1.86. The number of nitrogens with zero attached hydrogens (tertiary/aromatic N) is 1. The van der Waals surface area contributed by atoms with E-state index in [0.717, 1.165) is 20.2 Å². The van der Waals surface area contributed by atoms with E-state index in [1.54, 1.807) is 6.20 Å². The van der Waals surface area contributed by atoms with Crippen molar-refractivity contribution in [2.75, 3.05) is 0 Å². The molecule has 94 valence electrons. The van der Waals surface area contributed by atoms with Crippen LogP contribution >= 0.6 is 31.9 Å². The van der Waals surface area contributed by atoms with E-state index in [1.165, 1.54) is 0 Å². The van der Waals surface area contributed by atoms with Gasteiger partial charge in [0.1, 0.15) is 0 Å². The van der Waals surface area contributed by atoms with Gasteiger partial charge >= 0.3 is 0 Å². The van der Waals surface area contributed by atoms with Crippen LogP contribution in [0.1, 0.15) is 30.2 Å². The second kappa shape index (κ2) is 5.95. The Labute approximate surface area is 123 Å². The summed E-state index contributed by atoms with van der Waals surface area (Å²) in [6.45, 7) is 1.97. The first-order valence-corrected chi connectivity index (χ1v) is 7.22. The van der Waals surface area contributed by atoms with Gasteiger partial charge in [0.15, 0.2) is 0 Å². The van der Waals surface area contributed by atoms with Gasteiger partial charge in [-0.3, -0.25) is 4.98 Å². The van der Waals surface area contributed by atoms with Crippen LogP contribution in [0, 0.1) is 0 Å². The van der Waals surface area contributed by atoms with Crippen molar-refractivity contribution in [3.05, 3.63) is 62.8 Å². The van der Waals surface area contributed by atoms with E-state index in [4.69, 9.17) is 0 Å². The lowest BCUT2D eigenvalue weighted by molar-refractivity contribution is 0.149. The van der Waals surface area contributed by atoms with E-state index in [0.29, 0.717) is 0 Å². The standard InChI is InChI=1S/C14H13Br2NO/c1-9(13-4-2-3-7-17-13)14(18)11-8-10(15)5-6-12(11)16/h2-9,14,18H,1H3. The van der Waals surface area contributed by atoms with Crippen molar-refractivity contribution in [2.24, 2.45) is 0 Å². The third kappa shape index (κ3) is 2.99. The van der Waals surface area contributed by atoms with E-state index in [-0.39, 0.29) is 5.92 Å². The van der Waals surface area contributed by atoms with Crippen molar-refractivity contribution in [3.8, 4) is 0 Å². The highest BCUT2D eigenvalue weighted by atomic mass is 79.9. The minimum atomic E-state index is -0.591. The van der Waals surface area contributed by atoms with Gasteiger partial charge in [-0.05, 0) is 35.9 Å². The summed E-state index contributed by atoms with van der Waals surface area (Å²) in [6, 6.07) is 11.5. The van der Waals surface area contributed by atoms with Crippen molar-refractivity contribution in [1.29, 1.82) is 0 Å². The lowest BCUT2D eigenvalue weighted by atomic mass is 9.94. The predicted molar refractivity (Wildman–Crippen MR) is 79.5 cm³/mol. The molecule has 0 radical (unpaired) electrons. The first-order valence-electron chi connectivity index (χ1n) is 5.63. The number of aromatic nitrogens is 1. The zero-order valence-corrected chi connectivity index (χ0v) is 13.0. The van der Waals surface area contributed by atoms with Crippen LogP contribution in [-0.4, -0.2) is 10.1 Å². The Morgan fingerprint density at radius 3 is 2.61 bits per heavy atom. The van der Waals surface area contributed by atoms with Crippen LogP contribution in [0.4, 0.5) is 0 Å². The molecule has 0 aliphatic rings. The Morgan fingerprint density at radius 2 is 1.94 bits per heavy atom. The first-order chi connectivity index (χ1) is 8.59. The first kappa shape index (κ1) is 13.7. The highest BCUT2D eigenvalue weighted by molar-refractivity contribution is 9.11. The third-order valence-corrected chi connectivity index (χ3v) is 4.12. The maximum Gasteiger partial charge on any atom is 0.0882 e. The molecule has 0 amide bonds. The average molecular weight is 371 g/mol. The molecule has 2 rings (SSSR count). The fourth-order valence-electron chi connectivity index (χ4n) is 1.82. The zero-order valence-electron chi connectivity index (χ0n) is 9.85. The predicted octanol–water partition coefficient (Wildman–Crippen LogP) is 4.44. The van der Waals surface area contributed by atoms with Crippen LogP contribution in [0.3, 0.4) is 0 Å². The molecule has 2 aromatic rings. The summed E-state index contributed by atoms with van der Waals surface area (Å²) in [7, 11) is 0. The molecular weight excluding hydrogens is 358 g/mol. The van der Waals surface area contributed by atoms with E-state index in [2.05, 4.69) is 36.8 Å². The van der Waals surface area contributed by atoms with Gasteiger partial charge in [-0.15, -0.1) is 0 Å². The van der Waals surface area contributed by atoms with Gasteiger partial charge < -0.3 is 5.11 Å².